The summed E-state index contributed by atoms with van der Waals surface area (Å²) in [6.45, 7) is 1.88. The summed E-state index contributed by atoms with van der Waals surface area (Å²) in [5.74, 6) is 1.21. The second kappa shape index (κ2) is 8.33. The van der Waals surface area contributed by atoms with Gasteiger partial charge in [-0.15, -0.1) is 11.3 Å². The normalized spacial score (nSPS) is 10.4. The van der Waals surface area contributed by atoms with E-state index in [0.29, 0.717) is 10.9 Å². The van der Waals surface area contributed by atoms with E-state index in [1.54, 1.807) is 7.11 Å². The summed E-state index contributed by atoms with van der Waals surface area (Å²) in [6, 6.07) is 13.3. The molecule has 1 amide bonds. The number of carbonyl (C=O) groups is 1. The van der Waals surface area contributed by atoms with Gasteiger partial charge < -0.3 is 9.47 Å². The number of thiazole rings is 1. The second-order valence-electron chi connectivity index (χ2n) is 5.49. The minimum absolute atomic E-state index is 0.0617. The highest BCUT2D eigenvalue weighted by Crippen LogP contribution is 2.32. The van der Waals surface area contributed by atoms with Crippen LogP contribution in [0.1, 0.15) is 5.56 Å². The Morgan fingerprint density at radius 3 is 2.77 bits per heavy atom. The van der Waals surface area contributed by atoms with Crippen LogP contribution in [0.3, 0.4) is 0 Å². The minimum Gasteiger partial charge on any atom is -0.496 e. The van der Waals surface area contributed by atoms with E-state index in [-0.39, 0.29) is 12.5 Å². The molecule has 0 bridgehead atoms. The van der Waals surface area contributed by atoms with Crippen molar-refractivity contribution in [3.8, 4) is 22.8 Å². The van der Waals surface area contributed by atoms with Gasteiger partial charge in [0, 0.05) is 10.9 Å². The van der Waals surface area contributed by atoms with Crippen molar-refractivity contribution in [1.82, 2.24) is 4.98 Å². The molecule has 5 nitrogen and oxygen atoms in total. The summed E-state index contributed by atoms with van der Waals surface area (Å²) < 4.78 is 11.6. The molecule has 0 spiro atoms. The number of methoxy groups -OCH3 is 1. The van der Waals surface area contributed by atoms with E-state index in [9.17, 15) is 4.79 Å². The maximum Gasteiger partial charge on any atom is 0.264 e. The molecule has 0 aliphatic rings. The van der Waals surface area contributed by atoms with Crippen LogP contribution in [-0.4, -0.2) is 24.6 Å². The first-order valence-electron chi connectivity index (χ1n) is 7.84. The summed E-state index contributed by atoms with van der Waals surface area (Å²) in [5.41, 5.74) is 2.71. The van der Waals surface area contributed by atoms with Crippen LogP contribution < -0.4 is 14.8 Å². The summed E-state index contributed by atoms with van der Waals surface area (Å²) in [6.07, 6.45) is 0. The van der Waals surface area contributed by atoms with E-state index >= 15 is 0 Å². The highest BCUT2D eigenvalue weighted by atomic mass is 79.9. The van der Waals surface area contributed by atoms with Gasteiger partial charge in [0.1, 0.15) is 11.5 Å². The van der Waals surface area contributed by atoms with Gasteiger partial charge in [-0.1, -0.05) is 18.2 Å². The Balaban J connectivity index is 1.62. The lowest BCUT2D eigenvalue weighted by Gasteiger charge is -2.08. The molecule has 7 heteroatoms. The van der Waals surface area contributed by atoms with Crippen molar-refractivity contribution in [2.75, 3.05) is 19.0 Å². The maximum absolute atomic E-state index is 12.1. The third kappa shape index (κ3) is 4.42. The fourth-order valence-corrected chi connectivity index (χ4v) is 3.58. The monoisotopic (exact) mass is 432 g/mol. The lowest BCUT2D eigenvalue weighted by molar-refractivity contribution is -0.118. The fraction of sp³-hybridized carbons (Fsp3) is 0.158. The molecule has 1 N–H and O–H groups in total. The molecule has 3 aromatic rings. The third-order valence-electron chi connectivity index (χ3n) is 3.65. The number of amides is 1. The molecule has 134 valence electrons. The summed E-state index contributed by atoms with van der Waals surface area (Å²) in [7, 11) is 1.62. The van der Waals surface area contributed by atoms with Gasteiger partial charge in [0.15, 0.2) is 11.7 Å². The standard InChI is InChI=1S/C19H17BrN2O3S/c1-12-5-3-4-6-16(12)25-10-18(23)22-19-21-15(11-26-19)13-7-8-17(24-2)14(20)9-13/h3-9,11H,10H2,1-2H3,(H,21,22,23). The summed E-state index contributed by atoms with van der Waals surface area (Å²) >= 11 is 4.83. The van der Waals surface area contributed by atoms with Crippen molar-refractivity contribution >= 4 is 38.3 Å². The van der Waals surface area contributed by atoms with Crippen LogP contribution >= 0.6 is 27.3 Å². The summed E-state index contributed by atoms with van der Waals surface area (Å²) in [5, 5.41) is 5.19. The highest BCUT2D eigenvalue weighted by molar-refractivity contribution is 9.10. The smallest absolute Gasteiger partial charge is 0.264 e. The van der Waals surface area contributed by atoms with Gasteiger partial charge in [-0.25, -0.2) is 4.98 Å². The minimum atomic E-state index is -0.245. The van der Waals surface area contributed by atoms with Crippen molar-refractivity contribution in [1.29, 1.82) is 0 Å². The molecular weight excluding hydrogens is 416 g/mol. The van der Waals surface area contributed by atoms with Gasteiger partial charge >= 0.3 is 0 Å². The Bertz CT molecular complexity index is 927. The van der Waals surface area contributed by atoms with Crippen molar-refractivity contribution in [2.45, 2.75) is 6.92 Å². The SMILES string of the molecule is COc1ccc(-c2csc(NC(=O)COc3ccccc3C)n2)cc1Br. The molecule has 0 saturated heterocycles. The Labute approximate surface area is 164 Å². The molecule has 1 aromatic heterocycles. The Morgan fingerprint density at radius 2 is 2.04 bits per heavy atom. The van der Waals surface area contributed by atoms with Crippen LogP contribution in [0.4, 0.5) is 5.13 Å². The van der Waals surface area contributed by atoms with Crippen LogP contribution in [0.5, 0.6) is 11.5 Å². The van der Waals surface area contributed by atoms with E-state index in [0.717, 1.165) is 27.0 Å². The number of nitrogens with zero attached hydrogens (tertiary/aromatic N) is 1. The molecule has 0 radical (unpaired) electrons. The zero-order chi connectivity index (χ0) is 18.5. The molecule has 1 heterocycles. The number of benzene rings is 2. The van der Waals surface area contributed by atoms with Crippen LogP contribution in [0.2, 0.25) is 0 Å². The van der Waals surface area contributed by atoms with Crippen LogP contribution in [-0.2, 0) is 4.79 Å². The highest BCUT2D eigenvalue weighted by Gasteiger charge is 2.11. The number of hydrogen-bond donors (Lipinski definition) is 1. The molecule has 0 fully saturated rings. The van der Waals surface area contributed by atoms with Crippen LogP contribution in [0.15, 0.2) is 52.3 Å². The van der Waals surface area contributed by atoms with Crippen molar-refractivity contribution in [2.24, 2.45) is 0 Å². The number of halogens is 1. The molecule has 0 aliphatic heterocycles. The number of para-hydroxylation sites is 1. The van der Waals surface area contributed by atoms with Gasteiger partial charge in [-0.3, -0.25) is 10.1 Å². The van der Waals surface area contributed by atoms with E-state index in [1.807, 2.05) is 54.8 Å². The summed E-state index contributed by atoms with van der Waals surface area (Å²) in [4.78, 5) is 16.5. The lowest BCUT2D eigenvalue weighted by Crippen LogP contribution is -2.20. The number of rotatable bonds is 6. The zero-order valence-corrected chi connectivity index (χ0v) is 16.7. The van der Waals surface area contributed by atoms with Crippen molar-refractivity contribution < 1.29 is 14.3 Å². The first-order valence-corrected chi connectivity index (χ1v) is 9.52. The largest absolute Gasteiger partial charge is 0.496 e. The molecule has 3 rings (SSSR count). The van der Waals surface area contributed by atoms with E-state index in [1.165, 1.54) is 11.3 Å². The van der Waals surface area contributed by atoms with Crippen molar-refractivity contribution in [3.63, 3.8) is 0 Å². The average molecular weight is 433 g/mol. The second-order valence-corrected chi connectivity index (χ2v) is 7.20. The molecule has 26 heavy (non-hydrogen) atoms. The van der Waals surface area contributed by atoms with Crippen molar-refractivity contribution in [3.05, 3.63) is 57.9 Å². The Morgan fingerprint density at radius 1 is 1.23 bits per heavy atom. The van der Waals surface area contributed by atoms with Gasteiger partial charge in [0.25, 0.3) is 5.91 Å². The van der Waals surface area contributed by atoms with Gasteiger partial charge in [0.05, 0.1) is 17.3 Å². The number of carbonyl (C=O) groups excluding carboxylic acids is 1. The van der Waals surface area contributed by atoms with E-state index in [4.69, 9.17) is 9.47 Å². The Kier molecular flexibility index (Phi) is 5.90. The number of ether oxygens (including phenoxy) is 2. The number of aromatic nitrogens is 1. The first-order chi connectivity index (χ1) is 12.6. The van der Waals surface area contributed by atoms with Gasteiger partial charge in [-0.05, 0) is 52.7 Å². The number of aryl methyl sites for hydroxylation is 1. The van der Waals surface area contributed by atoms with Crippen LogP contribution in [0.25, 0.3) is 11.3 Å². The van der Waals surface area contributed by atoms with E-state index < -0.39 is 0 Å². The van der Waals surface area contributed by atoms with Gasteiger partial charge in [-0.2, -0.15) is 0 Å². The Hall–Kier alpha value is -2.38. The number of nitrogens with one attached hydrogen (secondary N) is 1. The molecule has 0 unspecified atom stereocenters. The van der Waals surface area contributed by atoms with E-state index in [2.05, 4.69) is 26.2 Å². The zero-order valence-electron chi connectivity index (χ0n) is 14.3. The molecule has 0 saturated carbocycles. The average Bonchev–Trinajstić information content (AvgIpc) is 3.09. The predicted octanol–water partition coefficient (Wildman–Crippen LogP) is 4.91. The van der Waals surface area contributed by atoms with Gasteiger partial charge in [0.2, 0.25) is 0 Å². The first kappa shape index (κ1) is 18.4. The molecule has 2 aromatic carbocycles. The fourth-order valence-electron chi connectivity index (χ4n) is 2.31. The predicted molar refractivity (Wildman–Crippen MR) is 107 cm³/mol. The quantitative estimate of drug-likeness (QED) is 0.601. The molecule has 0 aliphatic carbocycles. The van der Waals surface area contributed by atoms with Crippen LogP contribution in [0, 0.1) is 6.92 Å². The number of hydrogen-bond acceptors (Lipinski definition) is 5. The topological polar surface area (TPSA) is 60.5 Å². The lowest BCUT2D eigenvalue weighted by atomic mass is 10.2. The molecular formula is C19H17BrN2O3S. The molecule has 0 atom stereocenters. The third-order valence-corrected chi connectivity index (χ3v) is 5.03. The maximum atomic E-state index is 12.1. The number of anilines is 1.